The van der Waals surface area contributed by atoms with Crippen LogP contribution in [-0.2, 0) is 16.1 Å². The van der Waals surface area contributed by atoms with Gasteiger partial charge in [-0.3, -0.25) is 9.69 Å². The Balaban J connectivity index is 1.36. The third kappa shape index (κ3) is 4.01. The standard InChI is InChI=1S/C26H29ClN6O3/c1-35-23-16(13-33-7-9-36-10-8-33)3-2-4-17(23)25-31-22-21(18(27)12-29-26(22)32-25)30-20-15-6-5-14(11-15)19(20)24(28)34/h2-6,12,14-15,19-20H,7-11,13H2,1H3,(H2,28,34)(H2,29,30,31,32)/t14-,15+,19+,20-/m1/s1. The molecule has 6 rings (SSSR count). The second kappa shape index (κ2) is 9.38. The molecule has 2 fully saturated rings. The van der Waals surface area contributed by atoms with Gasteiger partial charge < -0.3 is 25.5 Å². The van der Waals surface area contributed by atoms with Gasteiger partial charge in [0.1, 0.15) is 17.1 Å². The number of allylic oxidation sites excluding steroid dienone is 1. The zero-order valence-corrected chi connectivity index (χ0v) is 20.8. The molecule has 2 bridgehead atoms. The summed E-state index contributed by atoms with van der Waals surface area (Å²) in [5.41, 5.74) is 9.60. The van der Waals surface area contributed by atoms with E-state index in [1.165, 1.54) is 0 Å². The SMILES string of the molecule is COc1c(CN2CCOCC2)cccc1-c1nc2ncc(Cl)c(N[C@H]3[C@@H](C(N)=O)[C@@H]4C=C[C@H]3C4)c2[nH]1. The van der Waals surface area contributed by atoms with Gasteiger partial charge in [-0.25, -0.2) is 9.97 Å². The zero-order valence-electron chi connectivity index (χ0n) is 20.0. The topological polar surface area (TPSA) is 118 Å². The van der Waals surface area contributed by atoms with Gasteiger partial charge in [0.15, 0.2) is 5.65 Å². The van der Waals surface area contributed by atoms with Crippen LogP contribution >= 0.6 is 11.6 Å². The van der Waals surface area contributed by atoms with Crippen molar-refractivity contribution in [1.29, 1.82) is 0 Å². The van der Waals surface area contributed by atoms with Gasteiger partial charge in [-0.15, -0.1) is 0 Å². The van der Waals surface area contributed by atoms with Crippen molar-refractivity contribution in [3.05, 3.63) is 47.1 Å². The van der Waals surface area contributed by atoms with E-state index >= 15 is 0 Å². The zero-order chi connectivity index (χ0) is 24.8. The number of carbonyl (C=O) groups is 1. The maximum Gasteiger partial charge on any atom is 0.223 e. The highest BCUT2D eigenvalue weighted by Gasteiger charge is 2.47. The molecule has 3 aromatic rings. The number of methoxy groups -OCH3 is 1. The van der Waals surface area contributed by atoms with Crippen LogP contribution in [0.2, 0.25) is 5.02 Å². The van der Waals surface area contributed by atoms with E-state index in [1.807, 2.05) is 12.1 Å². The summed E-state index contributed by atoms with van der Waals surface area (Å²) >= 11 is 6.61. The summed E-state index contributed by atoms with van der Waals surface area (Å²) in [6.45, 7) is 4.02. The van der Waals surface area contributed by atoms with Crippen molar-refractivity contribution in [3.63, 3.8) is 0 Å². The summed E-state index contributed by atoms with van der Waals surface area (Å²) < 4.78 is 11.3. The number of primary amides is 1. The number of halogens is 1. The predicted molar refractivity (Wildman–Crippen MR) is 138 cm³/mol. The quantitative estimate of drug-likeness (QED) is 0.419. The number of aromatic amines is 1. The molecule has 4 N–H and O–H groups in total. The minimum absolute atomic E-state index is 0.126. The lowest BCUT2D eigenvalue weighted by atomic mass is 9.88. The number of nitrogens with one attached hydrogen (secondary N) is 2. The van der Waals surface area contributed by atoms with E-state index in [9.17, 15) is 4.79 Å². The van der Waals surface area contributed by atoms with Gasteiger partial charge in [-0.2, -0.15) is 0 Å². The summed E-state index contributed by atoms with van der Waals surface area (Å²) in [5, 5.41) is 3.99. The average molecular weight is 509 g/mol. The lowest BCUT2D eigenvalue weighted by molar-refractivity contribution is -0.122. The van der Waals surface area contributed by atoms with Gasteiger partial charge >= 0.3 is 0 Å². The molecule has 1 aliphatic heterocycles. The van der Waals surface area contributed by atoms with Gasteiger partial charge in [-0.1, -0.05) is 35.9 Å². The maximum atomic E-state index is 12.2. The Kier molecular flexibility index (Phi) is 6.07. The molecule has 1 saturated heterocycles. The van der Waals surface area contributed by atoms with Crippen LogP contribution in [0.1, 0.15) is 12.0 Å². The third-order valence-corrected chi connectivity index (χ3v) is 7.91. The van der Waals surface area contributed by atoms with Crippen LogP contribution in [0, 0.1) is 17.8 Å². The molecule has 0 radical (unpaired) electrons. The number of hydrogen-bond acceptors (Lipinski definition) is 7. The average Bonchev–Trinajstić information content (AvgIpc) is 3.61. The first-order valence-electron chi connectivity index (χ1n) is 12.3. The molecule has 2 aliphatic carbocycles. The van der Waals surface area contributed by atoms with Gasteiger partial charge in [0.05, 0.1) is 48.7 Å². The summed E-state index contributed by atoms with van der Waals surface area (Å²) in [6, 6.07) is 5.95. The molecule has 36 heavy (non-hydrogen) atoms. The van der Waals surface area contributed by atoms with Crippen molar-refractivity contribution in [2.24, 2.45) is 23.5 Å². The normalized spacial score (nSPS) is 25.5. The Morgan fingerprint density at radius 3 is 2.89 bits per heavy atom. The smallest absolute Gasteiger partial charge is 0.223 e. The molecule has 0 spiro atoms. The van der Waals surface area contributed by atoms with Crippen LogP contribution in [0.5, 0.6) is 5.75 Å². The number of amides is 1. The number of nitrogens with two attached hydrogens (primary N) is 1. The number of aromatic nitrogens is 3. The molecule has 4 atom stereocenters. The van der Waals surface area contributed by atoms with Crippen molar-refractivity contribution < 1.29 is 14.3 Å². The van der Waals surface area contributed by atoms with Crippen molar-refractivity contribution in [2.45, 2.75) is 19.0 Å². The summed E-state index contributed by atoms with van der Waals surface area (Å²) in [5.74, 6) is 1.23. The minimum atomic E-state index is -0.294. The molecular formula is C26H29ClN6O3. The number of imidazole rings is 1. The Morgan fingerprint density at radius 2 is 2.11 bits per heavy atom. The van der Waals surface area contributed by atoms with Crippen molar-refractivity contribution in [1.82, 2.24) is 19.9 Å². The highest BCUT2D eigenvalue weighted by Crippen LogP contribution is 2.46. The molecular weight excluding hydrogens is 480 g/mol. The van der Waals surface area contributed by atoms with E-state index in [-0.39, 0.29) is 29.7 Å². The van der Waals surface area contributed by atoms with Gasteiger partial charge in [0.25, 0.3) is 0 Å². The predicted octanol–water partition coefficient (Wildman–Crippen LogP) is 3.21. The van der Waals surface area contributed by atoms with E-state index in [1.54, 1.807) is 13.3 Å². The molecule has 3 aliphatic rings. The fourth-order valence-corrected chi connectivity index (χ4v) is 6.11. The number of rotatable bonds is 7. The summed E-state index contributed by atoms with van der Waals surface area (Å²) in [4.78, 5) is 27.2. The van der Waals surface area contributed by atoms with Crippen molar-refractivity contribution in [2.75, 3.05) is 38.7 Å². The number of H-pyrrole nitrogens is 1. The number of morpholine rings is 1. The van der Waals surface area contributed by atoms with Gasteiger partial charge in [-0.05, 0) is 24.3 Å². The fourth-order valence-electron chi connectivity index (χ4n) is 5.91. The molecule has 9 nitrogen and oxygen atoms in total. The second-order valence-electron chi connectivity index (χ2n) is 9.70. The van der Waals surface area contributed by atoms with E-state index in [0.717, 1.165) is 56.1 Å². The first kappa shape index (κ1) is 23.3. The number of carbonyl (C=O) groups excluding carboxylic acids is 1. The lowest BCUT2D eigenvalue weighted by Gasteiger charge is -2.28. The Morgan fingerprint density at radius 1 is 1.31 bits per heavy atom. The number of para-hydroxylation sites is 1. The van der Waals surface area contributed by atoms with Crippen LogP contribution in [0.3, 0.4) is 0 Å². The van der Waals surface area contributed by atoms with Crippen LogP contribution in [0.15, 0.2) is 36.5 Å². The van der Waals surface area contributed by atoms with E-state index in [4.69, 9.17) is 31.8 Å². The number of pyridine rings is 1. The number of ether oxygens (including phenoxy) is 2. The summed E-state index contributed by atoms with van der Waals surface area (Å²) in [7, 11) is 1.68. The van der Waals surface area contributed by atoms with E-state index in [0.29, 0.717) is 27.7 Å². The fraction of sp³-hybridized carbons (Fsp3) is 0.423. The van der Waals surface area contributed by atoms with Gasteiger partial charge in [0, 0.05) is 31.2 Å². The van der Waals surface area contributed by atoms with Crippen LogP contribution in [-0.4, -0.2) is 65.2 Å². The summed E-state index contributed by atoms with van der Waals surface area (Å²) in [6.07, 6.45) is 6.77. The van der Waals surface area contributed by atoms with Crippen molar-refractivity contribution in [3.8, 4) is 17.1 Å². The highest BCUT2D eigenvalue weighted by atomic mass is 35.5. The number of anilines is 1. The molecule has 1 saturated carbocycles. The lowest BCUT2D eigenvalue weighted by Crippen LogP contribution is -2.41. The second-order valence-corrected chi connectivity index (χ2v) is 10.1. The Hall–Kier alpha value is -3.14. The molecule has 10 heteroatoms. The Bertz CT molecular complexity index is 1330. The van der Waals surface area contributed by atoms with Crippen molar-refractivity contribution >= 4 is 34.4 Å². The molecule has 1 amide bonds. The van der Waals surface area contributed by atoms with E-state index in [2.05, 4.69) is 38.4 Å². The third-order valence-electron chi connectivity index (χ3n) is 7.63. The molecule has 2 aromatic heterocycles. The highest BCUT2D eigenvalue weighted by molar-refractivity contribution is 6.34. The molecule has 188 valence electrons. The van der Waals surface area contributed by atoms with E-state index < -0.39 is 0 Å². The number of benzene rings is 1. The van der Waals surface area contributed by atoms with Crippen LogP contribution < -0.4 is 15.8 Å². The first-order chi connectivity index (χ1) is 17.5. The minimum Gasteiger partial charge on any atom is -0.496 e. The van der Waals surface area contributed by atoms with Crippen LogP contribution in [0.25, 0.3) is 22.6 Å². The number of nitrogens with zero attached hydrogens (tertiary/aromatic N) is 3. The van der Waals surface area contributed by atoms with Gasteiger partial charge in [0.2, 0.25) is 5.91 Å². The number of hydrogen-bond donors (Lipinski definition) is 3. The first-order valence-corrected chi connectivity index (χ1v) is 12.7. The largest absolute Gasteiger partial charge is 0.496 e. The Labute approximate surface area is 214 Å². The molecule has 0 unspecified atom stereocenters. The number of fused-ring (bicyclic) bond motifs is 3. The monoisotopic (exact) mass is 508 g/mol. The molecule has 1 aromatic carbocycles. The maximum absolute atomic E-state index is 12.2. The molecule has 3 heterocycles. The van der Waals surface area contributed by atoms with Crippen LogP contribution in [0.4, 0.5) is 5.69 Å².